The molecule has 6 nitrogen and oxygen atoms in total. The summed E-state index contributed by atoms with van der Waals surface area (Å²) in [4.78, 5) is 0.322. The van der Waals surface area contributed by atoms with Crippen LogP contribution in [-0.4, -0.2) is 41.1 Å². The van der Waals surface area contributed by atoms with Crippen molar-refractivity contribution in [3.8, 4) is 0 Å². The predicted molar refractivity (Wildman–Crippen MR) is 68.7 cm³/mol. The van der Waals surface area contributed by atoms with Gasteiger partial charge in [-0.3, -0.25) is 4.68 Å². The second kappa shape index (κ2) is 4.04. The maximum atomic E-state index is 12.5. The van der Waals surface area contributed by atoms with Gasteiger partial charge >= 0.3 is 0 Å². The molecule has 2 heterocycles. The summed E-state index contributed by atoms with van der Waals surface area (Å²) in [6.45, 7) is 6.24. The molecule has 0 unspecified atom stereocenters. The minimum absolute atomic E-state index is 0.322. The summed E-state index contributed by atoms with van der Waals surface area (Å²) in [5.74, 6) is 0. The van der Waals surface area contributed by atoms with Gasteiger partial charge in [-0.25, -0.2) is 8.42 Å². The van der Waals surface area contributed by atoms with Gasteiger partial charge in [0.1, 0.15) is 4.90 Å². The zero-order chi connectivity index (χ0) is 13.7. The number of aryl methyl sites for hydroxylation is 2. The summed E-state index contributed by atoms with van der Waals surface area (Å²) in [6, 6.07) is 0. The number of sulfonamides is 1. The molecule has 1 aliphatic rings. The molecule has 1 aromatic rings. The Hall–Kier alpha value is -0.920. The lowest BCUT2D eigenvalue weighted by Gasteiger charge is -2.46. The number of nitrogens with zero attached hydrogens (tertiary/aromatic N) is 3. The van der Waals surface area contributed by atoms with Crippen LogP contribution < -0.4 is 5.73 Å². The van der Waals surface area contributed by atoms with Crippen LogP contribution in [0.4, 0.5) is 0 Å². The number of rotatable bonds is 3. The number of aromatic nitrogens is 2. The molecule has 0 spiro atoms. The van der Waals surface area contributed by atoms with Crippen LogP contribution in [0.2, 0.25) is 0 Å². The van der Waals surface area contributed by atoms with E-state index in [1.54, 1.807) is 25.6 Å². The second-order valence-corrected chi connectivity index (χ2v) is 6.99. The summed E-state index contributed by atoms with van der Waals surface area (Å²) in [5, 5.41) is 4.15. The summed E-state index contributed by atoms with van der Waals surface area (Å²) in [5.41, 5.74) is 6.87. The van der Waals surface area contributed by atoms with Crippen LogP contribution in [0.3, 0.4) is 0 Å². The Kier molecular flexibility index (Phi) is 3.03. The highest BCUT2D eigenvalue weighted by atomic mass is 32.2. The third-order valence-electron chi connectivity index (χ3n) is 3.73. The molecule has 1 saturated heterocycles. The molecule has 0 saturated carbocycles. The van der Waals surface area contributed by atoms with Crippen molar-refractivity contribution in [3.63, 3.8) is 0 Å². The maximum absolute atomic E-state index is 12.5. The van der Waals surface area contributed by atoms with Crippen molar-refractivity contribution in [3.05, 3.63) is 11.4 Å². The van der Waals surface area contributed by atoms with Gasteiger partial charge in [0, 0.05) is 25.7 Å². The van der Waals surface area contributed by atoms with Crippen molar-refractivity contribution >= 4 is 10.0 Å². The number of nitrogens with two attached hydrogens (primary N) is 1. The quantitative estimate of drug-likeness (QED) is 0.849. The molecular formula is C11H20N4O2S. The van der Waals surface area contributed by atoms with E-state index in [0.29, 0.717) is 29.4 Å². The van der Waals surface area contributed by atoms with E-state index in [0.717, 1.165) is 6.42 Å². The van der Waals surface area contributed by atoms with Gasteiger partial charge in [-0.2, -0.15) is 9.40 Å². The van der Waals surface area contributed by atoms with Crippen molar-refractivity contribution < 1.29 is 8.42 Å². The van der Waals surface area contributed by atoms with Crippen LogP contribution in [0.5, 0.6) is 0 Å². The van der Waals surface area contributed by atoms with Crippen LogP contribution in [0.25, 0.3) is 0 Å². The van der Waals surface area contributed by atoms with E-state index in [1.165, 1.54) is 4.31 Å². The van der Waals surface area contributed by atoms with Crippen molar-refractivity contribution in [1.82, 2.24) is 14.1 Å². The molecule has 7 heteroatoms. The molecule has 0 aliphatic carbocycles. The minimum Gasteiger partial charge on any atom is -0.323 e. The molecule has 2 rings (SSSR count). The Balaban J connectivity index is 2.34. The Morgan fingerprint density at radius 2 is 1.94 bits per heavy atom. The first-order valence-electron chi connectivity index (χ1n) is 6.00. The standard InChI is InChI=1S/C11H20N4O2S/c1-5-11(12)6-15(7-11)18(16,17)10-8(2)13-14(4)9(10)3/h5-7,12H2,1-4H3. The third kappa shape index (κ3) is 1.86. The molecule has 18 heavy (non-hydrogen) atoms. The maximum Gasteiger partial charge on any atom is 0.246 e. The lowest BCUT2D eigenvalue weighted by atomic mass is 9.91. The average molecular weight is 272 g/mol. The minimum atomic E-state index is -3.45. The fourth-order valence-electron chi connectivity index (χ4n) is 2.31. The fourth-order valence-corrected chi connectivity index (χ4v) is 4.34. The van der Waals surface area contributed by atoms with Gasteiger partial charge in [0.15, 0.2) is 0 Å². The van der Waals surface area contributed by atoms with Gasteiger partial charge in [-0.1, -0.05) is 6.92 Å². The van der Waals surface area contributed by atoms with Crippen LogP contribution in [0.15, 0.2) is 4.90 Å². The fraction of sp³-hybridized carbons (Fsp3) is 0.727. The SMILES string of the molecule is CCC1(N)CN(S(=O)(=O)c2c(C)nn(C)c2C)C1. The van der Waals surface area contributed by atoms with Gasteiger partial charge < -0.3 is 5.73 Å². The molecule has 2 N–H and O–H groups in total. The van der Waals surface area contributed by atoms with Crippen LogP contribution >= 0.6 is 0 Å². The monoisotopic (exact) mass is 272 g/mol. The van der Waals surface area contributed by atoms with E-state index in [2.05, 4.69) is 5.10 Å². The molecule has 0 amide bonds. The molecule has 0 aromatic carbocycles. The molecule has 0 atom stereocenters. The Bertz CT molecular complexity index is 570. The van der Waals surface area contributed by atoms with E-state index in [-0.39, 0.29) is 5.54 Å². The van der Waals surface area contributed by atoms with Crippen molar-refractivity contribution in [1.29, 1.82) is 0 Å². The Labute approximate surface area is 108 Å². The Morgan fingerprint density at radius 3 is 2.33 bits per heavy atom. The van der Waals surface area contributed by atoms with Crippen molar-refractivity contribution in [2.75, 3.05) is 13.1 Å². The van der Waals surface area contributed by atoms with Crippen molar-refractivity contribution in [2.24, 2.45) is 12.8 Å². The molecule has 1 fully saturated rings. The highest BCUT2D eigenvalue weighted by Gasteiger charge is 2.45. The molecule has 102 valence electrons. The second-order valence-electron chi connectivity index (χ2n) is 5.11. The number of hydrogen-bond acceptors (Lipinski definition) is 4. The first kappa shape index (κ1) is 13.5. The lowest BCUT2D eigenvalue weighted by molar-refractivity contribution is 0.153. The third-order valence-corrected chi connectivity index (χ3v) is 5.77. The van der Waals surface area contributed by atoms with Gasteiger partial charge in [0.2, 0.25) is 10.0 Å². The zero-order valence-electron chi connectivity index (χ0n) is 11.3. The summed E-state index contributed by atoms with van der Waals surface area (Å²) in [7, 11) is -1.71. The highest BCUT2D eigenvalue weighted by molar-refractivity contribution is 7.89. The zero-order valence-corrected chi connectivity index (χ0v) is 12.1. The van der Waals surface area contributed by atoms with Crippen molar-refractivity contribution in [2.45, 2.75) is 37.6 Å². The van der Waals surface area contributed by atoms with E-state index in [1.807, 2.05) is 6.92 Å². The molecular weight excluding hydrogens is 252 g/mol. The van der Waals surface area contributed by atoms with E-state index in [4.69, 9.17) is 5.73 Å². The normalized spacial score (nSPS) is 19.8. The largest absolute Gasteiger partial charge is 0.323 e. The van der Waals surface area contributed by atoms with Gasteiger partial charge in [0.05, 0.1) is 11.4 Å². The number of hydrogen-bond donors (Lipinski definition) is 1. The van der Waals surface area contributed by atoms with Gasteiger partial charge in [-0.05, 0) is 20.3 Å². The first-order chi connectivity index (χ1) is 8.21. The van der Waals surface area contributed by atoms with Gasteiger partial charge in [-0.15, -0.1) is 0 Å². The highest BCUT2D eigenvalue weighted by Crippen LogP contribution is 2.31. The molecule has 1 aliphatic heterocycles. The van der Waals surface area contributed by atoms with E-state index < -0.39 is 10.0 Å². The van der Waals surface area contributed by atoms with Crippen LogP contribution in [-0.2, 0) is 17.1 Å². The summed E-state index contributed by atoms with van der Waals surface area (Å²) >= 11 is 0. The molecule has 1 aromatic heterocycles. The molecule has 0 radical (unpaired) electrons. The average Bonchev–Trinajstić information content (AvgIpc) is 2.48. The van der Waals surface area contributed by atoms with E-state index in [9.17, 15) is 8.42 Å². The summed E-state index contributed by atoms with van der Waals surface area (Å²) < 4.78 is 28.0. The predicted octanol–water partition coefficient (Wildman–Crippen LogP) is 0.149. The molecule has 0 bridgehead atoms. The lowest BCUT2D eigenvalue weighted by Crippen LogP contribution is -2.68. The Morgan fingerprint density at radius 1 is 1.39 bits per heavy atom. The topological polar surface area (TPSA) is 81.2 Å². The smallest absolute Gasteiger partial charge is 0.246 e. The first-order valence-corrected chi connectivity index (χ1v) is 7.44. The van der Waals surface area contributed by atoms with Crippen LogP contribution in [0, 0.1) is 13.8 Å². The van der Waals surface area contributed by atoms with Crippen LogP contribution in [0.1, 0.15) is 24.7 Å². The van der Waals surface area contributed by atoms with Gasteiger partial charge in [0.25, 0.3) is 0 Å². The van der Waals surface area contributed by atoms with E-state index >= 15 is 0 Å². The summed E-state index contributed by atoms with van der Waals surface area (Å²) in [6.07, 6.45) is 0.782.